The quantitative estimate of drug-likeness (QED) is 0.733. The Bertz CT molecular complexity index is 151. The Labute approximate surface area is 95.2 Å². The number of hydrogen-bond donors (Lipinski definition) is 1. The van der Waals surface area contributed by atoms with Crippen molar-refractivity contribution in [1.29, 1.82) is 0 Å². The SMILES string of the molecule is CCCCC(CN)N1CCC(CC)CC1. The molecule has 0 aliphatic carbocycles. The van der Waals surface area contributed by atoms with Crippen LogP contribution in [0.2, 0.25) is 0 Å². The van der Waals surface area contributed by atoms with Gasteiger partial charge in [-0.2, -0.15) is 0 Å². The number of nitrogens with two attached hydrogens (primary N) is 1. The molecule has 0 saturated carbocycles. The minimum Gasteiger partial charge on any atom is -0.329 e. The second-order valence-electron chi connectivity index (χ2n) is 4.92. The third-order valence-electron chi connectivity index (χ3n) is 3.91. The van der Waals surface area contributed by atoms with Crippen LogP contribution in [0.1, 0.15) is 52.4 Å². The van der Waals surface area contributed by atoms with Crippen LogP contribution in [0.4, 0.5) is 0 Å². The molecule has 1 atom stereocenters. The van der Waals surface area contributed by atoms with E-state index in [0.717, 1.165) is 12.5 Å². The summed E-state index contributed by atoms with van der Waals surface area (Å²) in [6.45, 7) is 7.99. The van der Waals surface area contributed by atoms with Crippen molar-refractivity contribution < 1.29 is 0 Å². The van der Waals surface area contributed by atoms with Crippen LogP contribution in [-0.2, 0) is 0 Å². The van der Waals surface area contributed by atoms with Gasteiger partial charge in [-0.3, -0.25) is 4.90 Å². The van der Waals surface area contributed by atoms with E-state index in [-0.39, 0.29) is 0 Å². The number of piperidine rings is 1. The summed E-state index contributed by atoms with van der Waals surface area (Å²) in [6, 6.07) is 0.655. The maximum atomic E-state index is 5.87. The molecular formula is C13H28N2. The van der Waals surface area contributed by atoms with Crippen molar-refractivity contribution >= 4 is 0 Å². The van der Waals surface area contributed by atoms with Gasteiger partial charge in [-0.05, 0) is 38.3 Å². The molecule has 0 aromatic carbocycles. The average Bonchev–Trinajstić information content (AvgIpc) is 2.31. The van der Waals surface area contributed by atoms with Gasteiger partial charge in [0, 0.05) is 12.6 Å². The fourth-order valence-corrected chi connectivity index (χ4v) is 2.62. The van der Waals surface area contributed by atoms with Crippen molar-refractivity contribution in [3.63, 3.8) is 0 Å². The van der Waals surface area contributed by atoms with Gasteiger partial charge < -0.3 is 5.73 Å². The van der Waals surface area contributed by atoms with E-state index in [9.17, 15) is 0 Å². The smallest absolute Gasteiger partial charge is 0.0218 e. The van der Waals surface area contributed by atoms with Crippen LogP contribution in [-0.4, -0.2) is 30.6 Å². The topological polar surface area (TPSA) is 29.3 Å². The zero-order valence-electron chi connectivity index (χ0n) is 10.5. The summed E-state index contributed by atoms with van der Waals surface area (Å²) in [5.41, 5.74) is 5.87. The molecule has 0 bridgehead atoms. The van der Waals surface area contributed by atoms with Gasteiger partial charge in [0.25, 0.3) is 0 Å². The first-order valence-electron chi connectivity index (χ1n) is 6.75. The molecule has 2 nitrogen and oxygen atoms in total. The molecule has 1 saturated heterocycles. The zero-order valence-corrected chi connectivity index (χ0v) is 10.5. The molecule has 0 spiro atoms. The number of nitrogens with zero attached hydrogens (tertiary/aromatic N) is 1. The molecule has 0 aromatic heterocycles. The van der Waals surface area contributed by atoms with Gasteiger partial charge in [-0.1, -0.05) is 33.1 Å². The maximum absolute atomic E-state index is 5.87. The lowest BCUT2D eigenvalue weighted by Gasteiger charge is -2.37. The third kappa shape index (κ3) is 4.12. The highest BCUT2D eigenvalue weighted by Gasteiger charge is 2.22. The van der Waals surface area contributed by atoms with Gasteiger partial charge in [0.2, 0.25) is 0 Å². The molecule has 1 heterocycles. The molecule has 1 aliphatic heterocycles. The van der Waals surface area contributed by atoms with Crippen LogP contribution in [0.3, 0.4) is 0 Å². The van der Waals surface area contributed by atoms with E-state index in [1.807, 2.05) is 0 Å². The van der Waals surface area contributed by atoms with Crippen LogP contribution in [0.15, 0.2) is 0 Å². The zero-order chi connectivity index (χ0) is 11.1. The largest absolute Gasteiger partial charge is 0.329 e. The molecule has 2 heteroatoms. The van der Waals surface area contributed by atoms with E-state index in [1.165, 1.54) is 51.6 Å². The average molecular weight is 212 g/mol. The van der Waals surface area contributed by atoms with E-state index in [1.54, 1.807) is 0 Å². The summed E-state index contributed by atoms with van der Waals surface area (Å²) in [4.78, 5) is 2.63. The second kappa shape index (κ2) is 7.24. The highest BCUT2D eigenvalue weighted by molar-refractivity contribution is 4.78. The Morgan fingerprint density at radius 1 is 1.27 bits per heavy atom. The van der Waals surface area contributed by atoms with Crippen LogP contribution < -0.4 is 5.73 Å². The Hall–Kier alpha value is -0.0800. The molecule has 0 amide bonds. The predicted octanol–water partition coefficient (Wildman–Crippen LogP) is 2.63. The minimum atomic E-state index is 0.655. The number of hydrogen-bond acceptors (Lipinski definition) is 2. The molecule has 1 fully saturated rings. The molecule has 90 valence electrons. The summed E-state index contributed by atoms with van der Waals surface area (Å²) in [6.07, 6.45) is 8.05. The van der Waals surface area contributed by atoms with Crippen molar-refractivity contribution in [2.45, 2.75) is 58.4 Å². The van der Waals surface area contributed by atoms with E-state index >= 15 is 0 Å². The van der Waals surface area contributed by atoms with Gasteiger partial charge in [0.1, 0.15) is 0 Å². The lowest BCUT2D eigenvalue weighted by molar-refractivity contribution is 0.126. The predicted molar refractivity (Wildman–Crippen MR) is 67.0 cm³/mol. The van der Waals surface area contributed by atoms with Crippen LogP contribution >= 0.6 is 0 Å². The molecule has 15 heavy (non-hydrogen) atoms. The first kappa shape index (κ1) is 13.0. The summed E-state index contributed by atoms with van der Waals surface area (Å²) in [5, 5.41) is 0. The van der Waals surface area contributed by atoms with Gasteiger partial charge >= 0.3 is 0 Å². The monoisotopic (exact) mass is 212 g/mol. The molecular weight excluding hydrogens is 184 g/mol. The minimum absolute atomic E-state index is 0.655. The highest BCUT2D eigenvalue weighted by Crippen LogP contribution is 2.22. The lowest BCUT2D eigenvalue weighted by Crippen LogP contribution is -2.45. The molecule has 1 aliphatic rings. The van der Waals surface area contributed by atoms with Gasteiger partial charge in [-0.25, -0.2) is 0 Å². The van der Waals surface area contributed by atoms with Crippen molar-refractivity contribution in [2.24, 2.45) is 11.7 Å². The normalized spacial score (nSPS) is 21.8. The first-order valence-corrected chi connectivity index (χ1v) is 6.75. The summed E-state index contributed by atoms with van der Waals surface area (Å²) in [7, 11) is 0. The number of likely N-dealkylation sites (tertiary alicyclic amines) is 1. The van der Waals surface area contributed by atoms with Crippen molar-refractivity contribution in [1.82, 2.24) is 4.90 Å². The van der Waals surface area contributed by atoms with Gasteiger partial charge in [-0.15, -0.1) is 0 Å². The van der Waals surface area contributed by atoms with Crippen molar-refractivity contribution in [3.05, 3.63) is 0 Å². The van der Waals surface area contributed by atoms with Crippen molar-refractivity contribution in [3.8, 4) is 0 Å². The molecule has 1 unspecified atom stereocenters. The van der Waals surface area contributed by atoms with Crippen LogP contribution in [0.25, 0.3) is 0 Å². The Morgan fingerprint density at radius 3 is 2.40 bits per heavy atom. The fraction of sp³-hybridized carbons (Fsp3) is 1.00. The lowest BCUT2D eigenvalue weighted by atomic mass is 9.93. The van der Waals surface area contributed by atoms with Gasteiger partial charge in [0.15, 0.2) is 0 Å². The van der Waals surface area contributed by atoms with Crippen LogP contribution in [0, 0.1) is 5.92 Å². The maximum Gasteiger partial charge on any atom is 0.0218 e. The number of unbranched alkanes of at least 4 members (excludes halogenated alkanes) is 1. The Kier molecular flexibility index (Phi) is 6.26. The molecule has 0 radical (unpaired) electrons. The highest BCUT2D eigenvalue weighted by atomic mass is 15.2. The Balaban J connectivity index is 2.29. The number of rotatable bonds is 6. The third-order valence-corrected chi connectivity index (χ3v) is 3.91. The van der Waals surface area contributed by atoms with Gasteiger partial charge in [0.05, 0.1) is 0 Å². The van der Waals surface area contributed by atoms with Crippen molar-refractivity contribution in [2.75, 3.05) is 19.6 Å². The molecule has 1 rings (SSSR count). The summed E-state index contributed by atoms with van der Waals surface area (Å²) >= 11 is 0. The summed E-state index contributed by atoms with van der Waals surface area (Å²) in [5.74, 6) is 0.978. The van der Waals surface area contributed by atoms with E-state index in [4.69, 9.17) is 5.73 Å². The first-order chi connectivity index (χ1) is 7.31. The Morgan fingerprint density at radius 2 is 1.93 bits per heavy atom. The molecule has 0 aromatic rings. The summed E-state index contributed by atoms with van der Waals surface area (Å²) < 4.78 is 0. The second-order valence-corrected chi connectivity index (χ2v) is 4.92. The molecule has 2 N–H and O–H groups in total. The van der Waals surface area contributed by atoms with E-state index in [0.29, 0.717) is 6.04 Å². The standard InChI is InChI=1S/C13H28N2/c1-3-5-6-13(11-14)15-9-7-12(4-2)8-10-15/h12-13H,3-11,14H2,1-2H3. The van der Waals surface area contributed by atoms with Crippen LogP contribution in [0.5, 0.6) is 0 Å². The van der Waals surface area contributed by atoms with E-state index < -0.39 is 0 Å². The van der Waals surface area contributed by atoms with E-state index in [2.05, 4.69) is 18.7 Å². The fourth-order valence-electron chi connectivity index (χ4n) is 2.62.